The number of para-hydroxylation sites is 1. The summed E-state index contributed by atoms with van der Waals surface area (Å²) in [5.74, 6) is -2.12. The Morgan fingerprint density at radius 2 is 1.90 bits per heavy atom. The molecule has 0 aliphatic carbocycles. The van der Waals surface area contributed by atoms with Gasteiger partial charge < -0.3 is 14.1 Å². The third-order valence-corrected chi connectivity index (χ3v) is 5.42. The number of benzene rings is 2. The van der Waals surface area contributed by atoms with E-state index < -0.39 is 23.3 Å². The summed E-state index contributed by atoms with van der Waals surface area (Å²) in [5.41, 5.74) is 2.59. The molecule has 1 aliphatic heterocycles. The molecule has 0 N–H and O–H groups in total. The number of amides is 1. The molecule has 1 fully saturated rings. The number of anilines is 1. The number of ether oxygens (including phenoxy) is 1. The number of carbonyl (C=O) groups excluding carboxylic acids is 2. The minimum absolute atomic E-state index is 0.0502. The van der Waals surface area contributed by atoms with Gasteiger partial charge in [0.1, 0.15) is 18.0 Å². The lowest BCUT2D eigenvalue weighted by Crippen LogP contribution is -2.27. The number of rotatable bonds is 4. The molecule has 1 aliphatic rings. The Labute approximate surface area is 171 Å². The van der Waals surface area contributed by atoms with Crippen LogP contribution in [0.5, 0.6) is 0 Å². The average molecular weight is 409 g/mol. The van der Waals surface area contributed by atoms with Crippen LogP contribution >= 0.6 is 0 Å². The van der Waals surface area contributed by atoms with E-state index in [4.69, 9.17) is 9.15 Å². The molecular weight excluding hydrogens is 389 g/mol. The first-order valence-corrected chi connectivity index (χ1v) is 9.59. The maximum Gasteiger partial charge on any atom is 0.336 e. The molecule has 1 amide bonds. The molecule has 7 heteroatoms. The summed E-state index contributed by atoms with van der Waals surface area (Å²) in [5, 5.41) is 0.695. The van der Waals surface area contributed by atoms with E-state index in [-0.39, 0.29) is 31.2 Å². The van der Waals surface area contributed by atoms with Crippen LogP contribution in [0.4, 0.5) is 10.1 Å². The van der Waals surface area contributed by atoms with Crippen LogP contribution in [0.3, 0.4) is 0 Å². The van der Waals surface area contributed by atoms with Crippen molar-refractivity contribution in [2.45, 2.75) is 26.9 Å². The number of hydrogen-bond donors (Lipinski definition) is 0. The smallest absolute Gasteiger partial charge is 0.336 e. The van der Waals surface area contributed by atoms with Gasteiger partial charge >= 0.3 is 11.6 Å². The summed E-state index contributed by atoms with van der Waals surface area (Å²) < 4.78 is 24.7. The topological polar surface area (TPSA) is 76.8 Å². The van der Waals surface area contributed by atoms with E-state index in [1.807, 2.05) is 19.9 Å². The molecule has 0 bridgehead atoms. The number of carbonyl (C=O) groups is 2. The molecule has 154 valence electrons. The predicted molar refractivity (Wildman–Crippen MR) is 109 cm³/mol. The van der Waals surface area contributed by atoms with Gasteiger partial charge in [-0.25, -0.2) is 9.18 Å². The van der Waals surface area contributed by atoms with E-state index in [9.17, 15) is 18.8 Å². The second-order valence-electron chi connectivity index (χ2n) is 7.49. The highest BCUT2D eigenvalue weighted by Gasteiger charge is 2.37. The summed E-state index contributed by atoms with van der Waals surface area (Å²) in [6.07, 6.45) is -0.0524. The molecule has 0 saturated carbocycles. The van der Waals surface area contributed by atoms with Crippen molar-refractivity contribution >= 4 is 28.5 Å². The van der Waals surface area contributed by atoms with Gasteiger partial charge in [-0.1, -0.05) is 12.1 Å². The van der Waals surface area contributed by atoms with Crippen LogP contribution < -0.4 is 10.5 Å². The van der Waals surface area contributed by atoms with E-state index in [2.05, 4.69) is 0 Å². The molecule has 6 nitrogen and oxygen atoms in total. The Kier molecular flexibility index (Phi) is 5.11. The van der Waals surface area contributed by atoms with Gasteiger partial charge in [0.15, 0.2) is 0 Å². The number of nitrogens with zero attached hydrogens (tertiary/aromatic N) is 1. The highest BCUT2D eigenvalue weighted by molar-refractivity contribution is 5.99. The second-order valence-corrected chi connectivity index (χ2v) is 7.49. The van der Waals surface area contributed by atoms with Crippen molar-refractivity contribution in [3.05, 3.63) is 75.4 Å². The van der Waals surface area contributed by atoms with Gasteiger partial charge in [0.05, 0.1) is 11.6 Å². The van der Waals surface area contributed by atoms with E-state index in [0.29, 0.717) is 16.5 Å². The van der Waals surface area contributed by atoms with Gasteiger partial charge in [-0.05, 0) is 49.2 Å². The summed E-state index contributed by atoms with van der Waals surface area (Å²) in [4.78, 5) is 38.0. The normalized spacial score (nSPS) is 16.3. The Morgan fingerprint density at radius 1 is 1.17 bits per heavy atom. The van der Waals surface area contributed by atoms with Gasteiger partial charge in [0, 0.05) is 30.0 Å². The summed E-state index contributed by atoms with van der Waals surface area (Å²) in [6, 6.07) is 10.9. The Hall–Kier alpha value is -3.48. The van der Waals surface area contributed by atoms with Gasteiger partial charge in [-0.15, -0.1) is 0 Å². The molecule has 1 atom stereocenters. The van der Waals surface area contributed by atoms with Crippen LogP contribution in [-0.4, -0.2) is 18.4 Å². The van der Waals surface area contributed by atoms with Crippen molar-refractivity contribution in [2.24, 2.45) is 5.92 Å². The van der Waals surface area contributed by atoms with Crippen LogP contribution in [0.15, 0.2) is 51.7 Å². The number of esters is 1. The van der Waals surface area contributed by atoms with Crippen LogP contribution in [0, 0.1) is 25.6 Å². The maximum atomic E-state index is 14.0. The van der Waals surface area contributed by atoms with Crippen molar-refractivity contribution in [3.63, 3.8) is 0 Å². The standard InChI is InChI=1S/C23H20FNO5/c1-13-7-17-16(10-22(27)30-20(17)8-14(13)2)12-29-23(28)15-9-21(26)25(11-15)19-6-4-3-5-18(19)24/h3-8,10,15H,9,11-12H2,1-2H3/t15-/m0/s1. The van der Waals surface area contributed by atoms with E-state index >= 15 is 0 Å². The number of hydrogen-bond acceptors (Lipinski definition) is 5. The minimum Gasteiger partial charge on any atom is -0.461 e. The molecule has 0 spiro atoms. The highest BCUT2D eigenvalue weighted by Crippen LogP contribution is 2.28. The molecule has 2 aromatic carbocycles. The summed E-state index contributed by atoms with van der Waals surface area (Å²) in [7, 11) is 0. The summed E-state index contributed by atoms with van der Waals surface area (Å²) >= 11 is 0. The van der Waals surface area contributed by atoms with Crippen LogP contribution in [0.1, 0.15) is 23.1 Å². The average Bonchev–Trinajstić information content (AvgIpc) is 3.09. The Bertz CT molecular complexity index is 1220. The lowest BCUT2D eigenvalue weighted by Gasteiger charge is -2.17. The monoisotopic (exact) mass is 409 g/mol. The van der Waals surface area contributed by atoms with E-state index in [1.54, 1.807) is 12.1 Å². The summed E-state index contributed by atoms with van der Waals surface area (Å²) in [6.45, 7) is 3.79. The van der Waals surface area contributed by atoms with Crippen molar-refractivity contribution < 1.29 is 23.1 Å². The SMILES string of the molecule is Cc1cc2oc(=O)cc(COC(=O)[C@H]3CC(=O)N(c4ccccc4F)C3)c2cc1C. The third-order valence-electron chi connectivity index (χ3n) is 5.42. The number of aryl methyl sites for hydroxylation is 2. The Balaban J connectivity index is 1.51. The van der Waals surface area contributed by atoms with Crippen LogP contribution in [-0.2, 0) is 20.9 Å². The molecule has 3 aromatic rings. The van der Waals surface area contributed by atoms with Crippen molar-refractivity contribution in [3.8, 4) is 0 Å². The van der Waals surface area contributed by atoms with Gasteiger partial charge in [-0.3, -0.25) is 9.59 Å². The molecule has 2 heterocycles. The molecule has 30 heavy (non-hydrogen) atoms. The maximum absolute atomic E-state index is 14.0. The van der Waals surface area contributed by atoms with Gasteiger partial charge in [-0.2, -0.15) is 0 Å². The van der Waals surface area contributed by atoms with Crippen LogP contribution in [0.2, 0.25) is 0 Å². The first-order chi connectivity index (χ1) is 14.3. The molecule has 4 rings (SSSR count). The van der Waals surface area contributed by atoms with Gasteiger partial charge in [0.25, 0.3) is 0 Å². The van der Waals surface area contributed by atoms with E-state index in [0.717, 1.165) is 11.1 Å². The molecule has 1 aromatic heterocycles. The fraction of sp³-hybridized carbons (Fsp3) is 0.261. The van der Waals surface area contributed by atoms with E-state index in [1.165, 1.54) is 29.2 Å². The van der Waals surface area contributed by atoms with Crippen molar-refractivity contribution in [2.75, 3.05) is 11.4 Å². The zero-order valence-electron chi connectivity index (χ0n) is 16.6. The van der Waals surface area contributed by atoms with Gasteiger partial charge in [0.2, 0.25) is 5.91 Å². The fourth-order valence-corrected chi connectivity index (χ4v) is 3.64. The zero-order chi connectivity index (χ0) is 21.4. The minimum atomic E-state index is -0.701. The quantitative estimate of drug-likeness (QED) is 0.486. The first-order valence-electron chi connectivity index (χ1n) is 9.59. The molecular formula is C23H20FNO5. The molecule has 0 unspecified atom stereocenters. The zero-order valence-corrected chi connectivity index (χ0v) is 16.6. The Morgan fingerprint density at radius 3 is 2.67 bits per heavy atom. The largest absolute Gasteiger partial charge is 0.461 e. The fourth-order valence-electron chi connectivity index (χ4n) is 3.64. The molecule has 1 saturated heterocycles. The lowest BCUT2D eigenvalue weighted by atomic mass is 10.0. The number of halogens is 1. The van der Waals surface area contributed by atoms with Crippen LogP contribution in [0.25, 0.3) is 11.0 Å². The van der Waals surface area contributed by atoms with Crippen molar-refractivity contribution in [1.82, 2.24) is 0 Å². The first kappa shape index (κ1) is 19.8. The predicted octanol–water partition coefficient (Wildman–Crippen LogP) is 3.65. The number of fused-ring (bicyclic) bond motifs is 1. The third kappa shape index (κ3) is 3.70. The molecule has 0 radical (unpaired) electrons. The highest BCUT2D eigenvalue weighted by atomic mass is 19.1. The second kappa shape index (κ2) is 7.74. The lowest BCUT2D eigenvalue weighted by molar-refractivity contribution is -0.149. The van der Waals surface area contributed by atoms with Crippen molar-refractivity contribution in [1.29, 1.82) is 0 Å².